The van der Waals surface area contributed by atoms with Crippen LogP contribution in [0.15, 0.2) is 18.2 Å². The summed E-state index contributed by atoms with van der Waals surface area (Å²) in [5.41, 5.74) is 7.12. The van der Waals surface area contributed by atoms with Crippen molar-refractivity contribution < 1.29 is 9.13 Å². The lowest BCUT2D eigenvalue weighted by Gasteiger charge is -2.29. The van der Waals surface area contributed by atoms with Crippen molar-refractivity contribution in [1.29, 1.82) is 0 Å². The van der Waals surface area contributed by atoms with E-state index < -0.39 is 0 Å². The number of para-hydroxylation sites is 1. The third-order valence-corrected chi connectivity index (χ3v) is 4.05. The van der Waals surface area contributed by atoms with E-state index in [4.69, 9.17) is 10.5 Å². The second-order valence-electron chi connectivity index (χ2n) is 5.14. The molecule has 1 fully saturated rings. The maximum Gasteiger partial charge on any atom is 0.201 e. The van der Waals surface area contributed by atoms with Crippen LogP contribution in [-0.4, -0.2) is 22.8 Å². The first kappa shape index (κ1) is 12.4. The number of ether oxygens (including phenoxy) is 1. The molecule has 0 saturated carbocycles. The predicted molar refractivity (Wildman–Crippen MR) is 72.4 cm³/mol. The van der Waals surface area contributed by atoms with E-state index in [9.17, 15) is 4.39 Å². The zero-order valence-electron chi connectivity index (χ0n) is 11.0. The molecule has 1 aliphatic rings. The fourth-order valence-electron chi connectivity index (χ4n) is 2.94. The van der Waals surface area contributed by atoms with Gasteiger partial charge in [-0.25, -0.2) is 9.37 Å². The summed E-state index contributed by atoms with van der Waals surface area (Å²) in [5, 5.41) is 0. The van der Waals surface area contributed by atoms with Crippen LogP contribution < -0.4 is 5.73 Å². The van der Waals surface area contributed by atoms with Crippen LogP contribution in [0, 0.1) is 11.7 Å². The summed E-state index contributed by atoms with van der Waals surface area (Å²) >= 11 is 0. The molecule has 0 aliphatic carbocycles. The van der Waals surface area contributed by atoms with Gasteiger partial charge in [0.25, 0.3) is 0 Å². The molecule has 1 saturated heterocycles. The average molecular weight is 263 g/mol. The Balaban J connectivity index is 2.03. The summed E-state index contributed by atoms with van der Waals surface area (Å²) in [7, 11) is 0. The van der Waals surface area contributed by atoms with Crippen molar-refractivity contribution in [3.05, 3.63) is 24.0 Å². The van der Waals surface area contributed by atoms with Gasteiger partial charge in [0.1, 0.15) is 5.52 Å². The molecule has 5 heteroatoms. The molecule has 1 aromatic heterocycles. The maximum atomic E-state index is 13.7. The van der Waals surface area contributed by atoms with Crippen molar-refractivity contribution in [2.45, 2.75) is 25.8 Å². The van der Waals surface area contributed by atoms with E-state index in [1.807, 2.05) is 10.6 Å². The smallest absolute Gasteiger partial charge is 0.201 e. The number of anilines is 1. The van der Waals surface area contributed by atoms with Crippen molar-refractivity contribution in [2.24, 2.45) is 5.92 Å². The van der Waals surface area contributed by atoms with Crippen LogP contribution in [0.4, 0.5) is 10.3 Å². The van der Waals surface area contributed by atoms with Crippen LogP contribution in [0.25, 0.3) is 11.0 Å². The van der Waals surface area contributed by atoms with E-state index in [0.29, 0.717) is 17.4 Å². The molecule has 2 N–H and O–H groups in total. The summed E-state index contributed by atoms with van der Waals surface area (Å²) in [5.74, 6) is 0.568. The van der Waals surface area contributed by atoms with E-state index in [-0.39, 0.29) is 11.9 Å². The van der Waals surface area contributed by atoms with Gasteiger partial charge >= 0.3 is 0 Å². The molecule has 19 heavy (non-hydrogen) atoms. The van der Waals surface area contributed by atoms with Gasteiger partial charge in [0, 0.05) is 19.3 Å². The minimum absolute atomic E-state index is 0.204. The summed E-state index contributed by atoms with van der Waals surface area (Å²) in [6.45, 7) is 3.70. The van der Waals surface area contributed by atoms with Crippen LogP contribution in [0.2, 0.25) is 0 Å². The van der Waals surface area contributed by atoms with Crippen LogP contribution in [-0.2, 0) is 4.74 Å². The van der Waals surface area contributed by atoms with E-state index in [1.165, 1.54) is 6.07 Å². The van der Waals surface area contributed by atoms with Gasteiger partial charge in [0.15, 0.2) is 5.82 Å². The van der Waals surface area contributed by atoms with Gasteiger partial charge in [-0.1, -0.05) is 6.07 Å². The first-order valence-electron chi connectivity index (χ1n) is 6.68. The summed E-state index contributed by atoms with van der Waals surface area (Å²) < 4.78 is 21.1. The number of benzene rings is 1. The molecule has 102 valence electrons. The molecule has 4 nitrogen and oxygen atoms in total. The fourth-order valence-corrected chi connectivity index (χ4v) is 2.94. The van der Waals surface area contributed by atoms with Crippen molar-refractivity contribution in [3.8, 4) is 0 Å². The van der Waals surface area contributed by atoms with Gasteiger partial charge in [-0.3, -0.25) is 0 Å². The summed E-state index contributed by atoms with van der Waals surface area (Å²) in [4.78, 5) is 4.16. The number of fused-ring (bicyclic) bond motifs is 1. The first-order chi connectivity index (χ1) is 9.18. The normalized spacial score (nSPS) is 18.8. The summed E-state index contributed by atoms with van der Waals surface area (Å²) in [6, 6.07) is 5.19. The monoisotopic (exact) mass is 263 g/mol. The summed E-state index contributed by atoms with van der Waals surface area (Å²) in [6.07, 6.45) is 2.02. The van der Waals surface area contributed by atoms with E-state index >= 15 is 0 Å². The minimum Gasteiger partial charge on any atom is -0.381 e. The molecule has 2 aromatic rings. The number of rotatable bonds is 2. The minimum atomic E-state index is -0.317. The molecule has 0 radical (unpaired) electrons. The van der Waals surface area contributed by atoms with Gasteiger partial charge in [-0.05, 0) is 37.8 Å². The zero-order valence-corrected chi connectivity index (χ0v) is 11.0. The molecule has 0 bridgehead atoms. The van der Waals surface area contributed by atoms with Gasteiger partial charge in [0.05, 0.1) is 5.52 Å². The Morgan fingerprint density at radius 3 is 2.89 bits per heavy atom. The predicted octanol–water partition coefficient (Wildman–Crippen LogP) is 2.75. The van der Waals surface area contributed by atoms with Crippen molar-refractivity contribution in [3.63, 3.8) is 0 Å². The number of aromatic nitrogens is 2. The molecule has 1 atom stereocenters. The number of hydrogen-bond donors (Lipinski definition) is 1. The molecule has 1 aromatic carbocycles. The lowest BCUT2D eigenvalue weighted by Crippen LogP contribution is -2.24. The third-order valence-electron chi connectivity index (χ3n) is 4.05. The molecule has 1 aliphatic heterocycles. The van der Waals surface area contributed by atoms with Crippen molar-refractivity contribution in [1.82, 2.24) is 9.55 Å². The van der Waals surface area contributed by atoms with Crippen LogP contribution in [0.1, 0.15) is 25.8 Å². The molecular weight excluding hydrogens is 245 g/mol. The zero-order chi connectivity index (χ0) is 13.4. The highest BCUT2D eigenvalue weighted by molar-refractivity contribution is 5.79. The molecule has 0 spiro atoms. The Labute approximate surface area is 111 Å². The third kappa shape index (κ3) is 2.08. The maximum absolute atomic E-state index is 13.7. The van der Waals surface area contributed by atoms with Gasteiger partial charge in [-0.15, -0.1) is 0 Å². The molecule has 1 unspecified atom stereocenters. The highest BCUT2D eigenvalue weighted by Crippen LogP contribution is 2.32. The Kier molecular flexibility index (Phi) is 3.14. The Morgan fingerprint density at radius 2 is 2.16 bits per heavy atom. The molecule has 0 amide bonds. The van der Waals surface area contributed by atoms with Gasteiger partial charge in [-0.2, -0.15) is 0 Å². The average Bonchev–Trinajstić information content (AvgIpc) is 2.77. The number of nitrogen functional groups attached to an aromatic ring is 1. The Bertz CT molecular complexity index is 590. The molecule has 2 heterocycles. The number of nitrogens with zero attached hydrogens (tertiary/aromatic N) is 2. The van der Waals surface area contributed by atoms with E-state index in [0.717, 1.165) is 31.6 Å². The number of hydrogen-bond acceptors (Lipinski definition) is 3. The molecular formula is C14H18FN3O. The van der Waals surface area contributed by atoms with E-state index in [1.54, 1.807) is 6.07 Å². The largest absolute Gasteiger partial charge is 0.381 e. The van der Waals surface area contributed by atoms with Crippen molar-refractivity contribution >= 4 is 17.0 Å². The second-order valence-corrected chi connectivity index (χ2v) is 5.14. The van der Waals surface area contributed by atoms with Crippen LogP contribution >= 0.6 is 0 Å². The number of halogens is 1. The Hall–Kier alpha value is -1.62. The molecule has 3 rings (SSSR count). The lowest BCUT2D eigenvalue weighted by atomic mass is 9.92. The van der Waals surface area contributed by atoms with Gasteiger partial charge < -0.3 is 15.0 Å². The van der Waals surface area contributed by atoms with Crippen LogP contribution in [0.5, 0.6) is 0 Å². The SMILES string of the molecule is CC(C1CCOCC1)n1c(N)nc2c(F)cccc21. The van der Waals surface area contributed by atoms with Gasteiger partial charge in [0.2, 0.25) is 5.95 Å². The van der Waals surface area contributed by atoms with Crippen LogP contribution in [0.3, 0.4) is 0 Å². The number of imidazole rings is 1. The number of nitrogens with two attached hydrogens (primary N) is 1. The van der Waals surface area contributed by atoms with E-state index in [2.05, 4.69) is 11.9 Å². The lowest BCUT2D eigenvalue weighted by molar-refractivity contribution is 0.0521. The fraction of sp³-hybridized carbons (Fsp3) is 0.500. The van der Waals surface area contributed by atoms with Crippen molar-refractivity contribution in [2.75, 3.05) is 18.9 Å². The first-order valence-corrected chi connectivity index (χ1v) is 6.68. The standard InChI is InChI=1S/C14H18FN3O/c1-9(10-5-7-19-8-6-10)18-12-4-2-3-11(15)13(12)17-14(18)16/h2-4,9-10H,5-8H2,1H3,(H2,16,17). The second kappa shape index (κ2) is 4.81. The highest BCUT2D eigenvalue weighted by atomic mass is 19.1. The highest BCUT2D eigenvalue weighted by Gasteiger charge is 2.25. The Morgan fingerprint density at radius 1 is 1.42 bits per heavy atom. The topological polar surface area (TPSA) is 53.1 Å². The quantitative estimate of drug-likeness (QED) is 0.906.